The molecular formula is C27H27F2N7O3S. The van der Waals surface area contributed by atoms with E-state index >= 15 is 4.39 Å². The van der Waals surface area contributed by atoms with Gasteiger partial charge in [0.25, 0.3) is 0 Å². The maximum absolute atomic E-state index is 15.4. The number of carbonyl (C=O) groups is 1. The van der Waals surface area contributed by atoms with E-state index in [9.17, 15) is 17.6 Å². The second-order valence-electron chi connectivity index (χ2n) is 9.37. The Hall–Kier alpha value is -4.07. The van der Waals surface area contributed by atoms with Crippen LogP contribution in [0.15, 0.2) is 48.8 Å². The average molecular weight is 568 g/mol. The van der Waals surface area contributed by atoms with Gasteiger partial charge < -0.3 is 10.2 Å². The standard InChI is InChI=1S/C27H27F2N7O3S/c1-3-35(2)40(38,39)34-22-6-5-20(28)24(25(22)29)27(37)19-13-21(30)26-18(19)12-17(15-33-26)16-4-7-23(32-14-16)36-10-8-31-9-11-36/h4-7,12-15,30-31,34H,3,8-11H2,1-2H3. The highest BCUT2D eigenvalue weighted by Crippen LogP contribution is 2.35. The predicted octanol–water partition coefficient (Wildman–Crippen LogP) is 3.09. The Balaban J connectivity index is 1.47. The number of fused-ring (bicyclic) bond motifs is 1. The third-order valence-corrected chi connectivity index (χ3v) is 8.46. The monoisotopic (exact) mass is 567 g/mol. The quantitative estimate of drug-likeness (QED) is 0.357. The fraction of sp³-hybridized carbons (Fsp3) is 0.259. The van der Waals surface area contributed by atoms with Crippen LogP contribution < -0.4 is 14.9 Å². The Kier molecular flexibility index (Phi) is 7.45. The summed E-state index contributed by atoms with van der Waals surface area (Å²) in [4.78, 5) is 24.5. The van der Waals surface area contributed by atoms with E-state index in [4.69, 9.17) is 5.41 Å². The number of piperazine rings is 1. The number of nitrogens with zero attached hydrogens (tertiary/aromatic N) is 4. The number of Topliss-reactive ketones (excluding diaryl/α,β-unsaturated/α-hetero) is 1. The number of benzene rings is 1. The molecule has 5 rings (SSSR count). The Morgan fingerprint density at radius 2 is 1.85 bits per heavy atom. The van der Waals surface area contributed by atoms with E-state index in [0.29, 0.717) is 11.1 Å². The van der Waals surface area contributed by atoms with Crippen molar-refractivity contribution in [2.24, 2.45) is 0 Å². The first-order valence-electron chi connectivity index (χ1n) is 12.6. The molecule has 40 heavy (non-hydrogen) atoms. The molecule has 3 N–H and O–H groups in total. The van der Waals surface area contributed by atoms with Crippen molar-refractivity contribution in [2.45, 2.75) is 6.92 Å². The van der Waals surface area contributed by atoms with E-state index in [0.717, 1.165) is 48.4 Å². The molecule has 0 spiro atoms. The summed E-state index contributed by atoms with van der Waals surface area (Å²) < 4.78 is 58.1. The minimum atomic E-state index is -4.13. The van der Waals surface area contributed by atoms with Gasteiger partial charge in [0.15, 0.2) is 11.6 Å². The van der Waals surface area contributed by atoms with Gasteiger partial charge >= 0.3 is 10.2 Å². The zero-order valence-corrected chi connectivity index (χ0v) is 22.6. The molecule has 0 amide bonds. The van der Waals surface area contributed by atoms with Gasteiger partial charge in [-0.1, -0.05) is 6.92 Å². The molecule has 208 valence electrons. The molecule has 1 aromatic carbocycles. The van der Waals surface area contributed by atoms with Gasteiger partial charge in [-0.3, -0.25) is 19.9 Å². The van der Waals surface area contributed by atoms with Crippen LogP contribution in [0.2, 0.25) is 0 Å². The lowest BCUT2D eigenvalue weighted by molar-refractivity contribution is 0.104. The molecule has 0 unspecified atom stereocenters. The summed E-state index contributed by atoms with van der Waals surface area (Å²) in [5, 5.41) is 11.6. The number of rotatable bonds is 8. The molecular weight excluding hydrogens is 540 g/mol. The van der Waals surface area contributed by atoms with Crippen LogP contribution in [0.3, 0.4) is 0 Å². The van der Waals surface area contributed by atoms with Crippen molar-refractivity contribution in [1.82, 2.24) is 19.6 Å². The van der Waals surface area contributed by atoms with Gasteiger partial charge in [0.2, 0.25) is 0 Å². The lowest BCUT2D eigenvalue weighted by Gasteiger charge is -2.28. The number of hydrogen-bond acceptors (Lipinski definition) is 8. The Labute approximate surface area is 230 Å². The van der Waals surface area contributed by atoms with E-state index in [1.54, 1.807) is 25.4 Å². The normalized spacial score (nSPS) is 15.3. The van der Waals surface area contributed by atoms with Crippen LogP contribution in [0.5, 0.6) is 0 Å². The fourth-order valence-electron chi connectivity index (χ4n) is 4.52. The van der Waals surface area contributed by atoms with Gasteiger partial charge in [0, 0.05) is 74.4 Å². The van der Waals surface area contributed by atoms with Crippen molar-refractivity contribution >= 4 is 38.8 Å². The van der Waals surface area contributed by atoms with Crippen LogP contribution in [-0.2, 0) is 10.2 Å². The molecule has 1 fully saturated rings. The second-order valence-corrected chi connectivity index (χ2v) is 11.1. The lowest BCUT2D eigenvalue weighted by Crippen LogP contribution is -2.43. The van der Waals surface area contributed by atoms with Crippen molar-refractivity contribution in [3.8, 4) is 11.1 Å². The van der Waals surface area contributed by atoms with Crippen LogP contribution in [0.4, 0.5) is 20.3 Å². The highest BCUT2D eigenvalue weighted by Gasteiger charge is 2.31. The molecule has 0 saturated carbocycles. The van der Waals surface area contributed by atoms with E-state index in [1.807, 2.05) is 12.1 Å². The van der Waals surface area contributed by atoms with Gasteiger partial charge in [0.1, 0.15) is 11.6 Å². The first-order valence-corrected chi connectivity index (χ1v) is 14.0. The van der Waals surface area contributed by atoms with Crippen LogP contribution >= 0.6 is 0 Å². The van der Waals surface area contributed by atoms with E-state index in [-0.39, 0.29) is 29.1 Å². The zero-order chi connectivity index (χ0) is 28.6. The number of carbonyl (C=O) groups excluding carboxylic acids is 1. The van der Waals surface area contributed by atoms with Crippen LogP contribution in [0.25, 0.3) is 16.7 Å². The molecule has 2 aromatic heterocycles. The summed E-state index contributed by atoms with van der Waals surface area (Å²) in [7, 11) is -2.83. The molecule has 2 aliphatic rings. The summed E-state index contributed by atoms with van der Waals surface area (Å²) >= 11 is 0. The first-order chi connectivity index (χ1) is 19.1. The third kappa shape index (κ3) is 5.10. The van der Waals surface area contributed by atoms with Gasteiger partial charge in [-0.25, -0.2) is 13.8 Å². The molecule has 10 nitrogen and oxygen atoms in total. The highest BCUT2D eigenvalue weighted by molar-refractivity contribution is 7.90. The number of hydrogen-bond donors (Lipinski definition) is 3. The molecule has 1 aliphatic heterocycles. The number of nitrogens with one attached hydrogen (secondary N) is 3. The van der Waals surface area contributed by atoms with Crippen molar-refractivity contribution in [3.05, 3.63) is 77.3 Å². The Bertz CT molecular complexity index is 1640. The molecule has 3 heterocycles. The summed E-state index contributed by atoms with van der Waals surface area (Å²) in [6.07, 6.45) is 4.45. The van der Waals surface area contributed by atoms with Gasteiger partial charge in [-0.2, -0.15) is 12.7 Å². The van der Waals surface area contributed by atoms with Crippen molar-refractivity contribution in [2.75, 3.05) is 49.4 Å². The largest absolute Gasteiger partial charge is 0.354 e. The molecule has 13 heteroatoms. The third-order valence-electron chi connectivity index (χ3n) is 6.90. The number of anilines is 2. The molecule has 1 aliphatic carbocycles. The van der Waals surface area contributed by atoms with Crippen molar-refractivity contribution in [1.29, 1.82) is 5.41 Å². The number of allylic oxidation sites excluding steroid dienone is 2. The smallest absolute Gasteiger partial charge is 0.301 e. The van der Waals surface area contributed by atoms with E-state index in [2.05, 4.69) is 24.9 Å². The van der Waals surface area contributed by atoms with Crippen molar-refractivity contribution in [3.63, 3.8) is 0 Å². The summed E-state index contributed by atoms with van der Waals surface area (Å²) in [5.41, 5.74) is 0.0569. The second kappa shape index (κ2) is 10.8. The first kappa shape index (κ1) is 27.5. The molecule has 0 atom stereocenters. The number of aromatic nitrogens is 2. The lowest BCUT2D eigenvalue weighted by atomic mass is 9.96. The van der Waals surface area contributed by atoms with Crippen molar-refractivity contribution < 1.29 is 22.0 Å². The summed E-state index contributed by atoms with van der Waals surface area (Å²) in [6, 6.07) is 7.14. The predicted molar refractivity (Wildman–Crippen MR) is 149 cm³/mol. The minimum absolute atomic E-state index is 0.0840. The summed E-state index contributed by atoms with van der Waals surface area (Å²) in [6.45, 7) is 5.14. The molecule has 0 radical (unpaired) electrons. The fourth-order valence-corrected chi connectivity index (χ4v) is 5.45. The number of pyridine rings is 2. The summed E-state index contributed by atoms with van der Waals surface area (Å²) in [5.74, 6) is -2.71. The van der Waals surface area contributed by atoms with Crippen LogP contribution in [0, 0.1) is 17.0 Å². The maximum atomic E-state index is 15.4. The maximum Gasteiger partial charge on any atom is 0.301 e. The average Bonchev–Trinajstić information content (AvgIpc) is 3.30. The highest BCUT2D eigenvalue weighted by atomic mass is 32.2. The molecule has 1 saturated heterocycles. The van der Waals surface area contributed by atoms with Gasteiger partial charge in [-0.05, 0) is 36.4 Å². The molecule has 0 bridgehead atoms. The number of ketones is 1. The van der Waals surface area contributed by atoms with Gasteiger partial charge in [0.05, 0.1) is 22.7 Å². The topological polar surface area (TPSA) is 131 Å². The number of halogens is 2. The minimum Gasteiger partial charge on any atom is -0.354 e. The van der Waals surface area contributed by atoms with Gasteiger partial charge in [-0.15, -0.1) is 0 Å². The van der Waals surface area contributed by atoms with Crippen LogP contribution in [-0.4, -0.2) is 74.0 Å². The van der Waals surface area contributed by atoms with Crippen LogP contribution in [0.1, 0.15) is 28.5 Å². The molecule has 3 aromatic rings. The zero-order valence-electron chi connectivity index (χ0n) is 21.8. The Morgan fingerprint density at radius 1 is 1.12 bits per heavy atom. The SMILES string of the molecule is CCN(C)S(=O)(=O)Nc1ccc(F)c(C(=O)C2=CC(=N)c3ncc(-c4ccc(N5CCNCC5)nc4)cc32)c1F. The Morgan fingerprint density at radius 3 is 2.52 bits per heavy atom. The van der Waals surface area contributed by atoms with E-state index in [1.165, 1.54) is 13.1 Å². The van der Waals surface area contributed by atoms with E-state index < -0.39 is 38.9 Å².